The van der Waals surface area contributed by atoms with Crippen LogP contribution in [0.4, 0.5) is 5.82 Å². The molecule has 2 saturated heterocycles. The van der Waals surface area contributed by atoms with Crippen molar-refractivity contribution in [1.29, 1.82) is 0 Å². The zero-order valence-electron chi connectivity index (χ0n) is 15.1. The van der Waals surface area contributed by atoms with Crippen LogP contribution in [0, 0.1) is 6.92 Å². The first-order valence-corrected chi connectivity index (χ1v) is 9.21. The van der Waals surface area contributed by atoms with Crippen molar-refractivity contribution in [1.82, 2.24) is 24.9 Å². The number of pyridine rings is 1. The van der Waals surface area contributed by atoms with Gasteiger partial charge >= 0.3 is 0 Å². The van der Waals surface area contributed by atoms with E-state index >= 15 is 0 Å². The fourth-order valence-corrected chi connectivity index (χ4v) is 3.90. The van der Waals surface area contributed by atoms with Crippen LogP contribution in [0.5, 0.6) is 0 Å². The van der Waals surface area contributed by atoms with Gasteiger partial charge in [-0.05, 0) is 32.0 Å². The van der Waals surface area contributed by atoms with E-state index in [1.165, 1.54) is 32.6 Å². The number of piperazine rings is 1. The topological polar surface area (TPSA) is 61.5 Å². The lowest BCUT2D eigenvalue weighted by atomic mass is 10.2. The Morgan fingerprint density at radius 2 is 2.04 bits per heavy atom. The van der Waals surface area contributed by atoms with Crippen molar-refractivity contribution >= 4 is 5.82 Å². The third kappa shape index (κ3) is 3.39. The third-order valence-corrected chi connectivity index (χ3v) is 5.38. The minimum absolute atomic E-state index is 0.556. The number of aromatic nitrogens is 3. The summed E-state index contributed by atoms with van der Waals surface area (Å²) in [5.41, 5.74) is 0.930. The Morgan fingerprint density at radius 1 is 1.20 bits per heavy atom. The second-order valence-corrected chi connectivity index (χ2v) is 6.88. The van der Waals surface area contributed by atoms with Crippen LogP contribution in [0.1, 0.15) is 19.2 Å². The molecule has 0 spiro atoms. The zero-order chi connectivity index (χ0) is 17.2. The fraction of sp³-hybridized carbons (Fsp3) is 0.611. The minimum Gasteiger partial charge on any atom is -0.354 e. The highest BCUT2D eigenvalue weighted by molar-refractivity contribution is 5.70. The highest BCUT2D eigenvalue weighted by Gasteiger charge is 2.31. The largest absolute Gasteiger partial charge is 0.354 e. The average molecular weight is 342 g/mol. The molecular formula is C18H26N6O. The molecule has 0 saturated carbocycles. The van der Waals surface area contributed by atoms with Crippen molar-refractivity contribution in [2.75, 3.05) is 50.7 Å². The average Bonchev–Trinajstić information content (AvgIpc) is 3.31. The number of hydrogen-bond donors (Lipinski definition) is 0. The van der Waals surface area contributed by atoms with E-state index in [1.54, 1.807) is 0 Å². The summed E-state index contributed by atoms with van der Waals surface area (Å²) < 4.78 is 5.37. The van der Waals surface area contributed by atoms with E-state index in [2.05, 4.69) is 36.7 Å². The molecule has 7 nitrogen and oxygen atoms in total. The first-order chi connectivity index (χ1) is 12.2. The Morgan fingerprint density at radius 3 is 2.76 bits per heavy atom. The molecule has 134 valence electrons. The smallest absolute Gasteiger partial charge is 0.261 e. The predicted molar refractivity (Wildman–Crippen MR) is 96.6 cm³/mol. The maximum Gasteiger partial charge on any atom is 0.261 e. The van der Waals surface area contributed by atoms with Gasteiger partial charge in [0.15, 0.2) is 5.82 Å². The summed E-state index contributed by atoms with van der Waals surface area (Å²) in [5.74, 6) is 2.17. The molecule has 2 aromatic heterocycles. The monoisotopic (exact) mass is 342 g/mol. The molecule has 0 radical (unpaired) electrons. The van der Waals surface area contributed by atoms with Gasteiger partial charge in [0, 0.05) is 51.5 Å². The molecule has 0 amide bonds. The summed E-state index contributed by atoms with van der Waals surface area (Å²) in [6.07, 6.45) is 3.03. The van der Waals surface area contributed by atoms with Crippen molar-refractivity contribution in [3.05, 3.63) is 24.2 Å². The molecule has 4 rings (SSSR count). The standard InChI is InChI=1S/C18H26N6O/c1-3-22-9-11-23(12-10-22)15-6-8-24(13-15)17-16(5-4-7-19-17)18-20-14(2)21-25-18/h4-5,7,15H,3,6,8-13H2,1-2H3. The van der Waals surface area contributed by atoms with Crippen molar-refractivity contribution in [2.45, 2.75) is 26.3 Å². The summed E-state index contributed by atoms with van der Waals surface area (Å²) >= 11 is 0. The fourth-order valence-electron chi connectivity index (χ4n) is 3.90. The predicted octanol–water partition coefficient (Wildman–Crippen LogP) is 1.66. The van der Waals surface area contributed by atoms with Gasteiger partial charge in [0.2, 0.25) is 0 Å². The van der Waals surface area contributed by atoms with Gasteiger partial charge in [0.25, 0.3) is 5.89 Å². The maximum atomic E-state index is 5.37. The highest BCUT2D eigenvalue weighted by Crippen LogP contribution is 2.31. The van der Waals surface area contributed by atoms with Gasteiger partial charge in [-0.3, -0.25) is 4.90 Å². The Hall–Kier alpha value is -1.99. The molecule has 1 unspecified atom stereocenters. The van der Waals surface area contributed by atoms with E-state index in [0.29, 0.717) is 17.8 Å². The Bertz CT molecular complexity index is 709. The Balaban J connectivity index is 1.47. The molecule has 4 heterocycles. The first-order valence-electron chi connectivity index (χ1n) is 9.21. The van der Waals surface area contributed by atoms with E-state index in [0.717, 1.165) is 31.0 Å². The molecule has 7 heteroatoms. The van der Waals surface area contributed by atoms with E-state index in [-0.39, 0.29) is 0 Å². The molecule has 0 N–H and O–H groups in total. The van der Waals surface area contributed by atoms with Crippen LogP contribution < -0.4 is 4.90 Å². The summed E-state index contributed by atoms with van der Waals surface area (Å²) in [7, 11) is 0. The van der Waals surface area contributed by atoms with Crippen LogP contribution in [0.3, 0.4) is 0 Å². The number of aryl methyl sites for hydroxylation is 1. The quantitative estimate of drug-likeness (QED) is 0.837. The van der Waals surface area contributed by atoms with E-state index in [4.69, 9.17) is 4.52 Å². The molecular weight excluding hydrogens is 316 g/mol. The zero-order valence-corrected chi connectivity index (χ0v) is 15.1. The number of rotatable bonds is 4. The molecule has 0 bridgehead atoms. The van der Waals surface area contributed by atoms with Gasteiger partial charge in [-0.2, -0.15) is 4.98 Å². The lowest BCUT2D eigenvalue weighted by Gasteiger charge is -2.37. The maximum absolute atomic E-state index is 5.37. The van der Waals surface area contributed by atoms with E-state index in [1.807, 2.05) is 25.3 Å². The molecule has 2 aromatic rings. The van der Waals surface area contributed by atoms with Gasteiger partial charge < -0.3 is 14.3 Å². The summed E-state index contributed by atoms with van der Waals surface area (Å²) in [5, 5.41) is 3.92. The van der Waals surface area contributed by atoms with Gasteiger partial charge in [-0.15, -0.1) is 0 Å². The Labute approximate surface area is 148 Å². The van der Waals surface area contributed by atoms with Crippen molar-refractivity contribution in [3.8, 4) is 11.5 Å². The van der Waals surface area contributed by atoms with Gasteiger partial charge in [-0.25, -0.2) is 4.98 Å². The molecule has 1 atom stereocenters. The summed E-state index contributed by atoms with van der Waals surface area (Å²) in [6.45, 7) is 12.0. The van der Waals surface area contributed by atoms with E-state index < -0.39 is 0 Å². The van der Waals surface area contributed by atoms with Gasteiger partial charge in [0.05, 0.1) is 5.56 Å². The van der Waals surface area contributed by atoms with Crippen molar-refractivity contribution < 1.29 is 4.52 Å². The number of likely N-dealkylation sites (N-methyl/N-ethyl adjacent to an activating group) is 1. The van der Waals surface area contributed by atoms with Gasteiger partial charge in [0.1, 0.15) is 5.82 Å². The van der Waals surface area contributed by atoms with Crippen LogP contribution in [0.2, 0.25) is 0 Å². The van der Waals surface area contributed by atoms with Crippen molar-refractivity contribution in [2.24, 2.45) is 0 Å². The highest BCUT2D eigenvalue weighted by atomic mass is 16.5. The molecule has 2 aliphatic rings. The minimum atomic E-state index is 0.556. The summed E-state index contributed by atoms with van der Waals surface area (Å²) in [4.78, 5) is 16.5. The first kappa shape index (κ1) is 16.5. The van der Waals surface area contributed by atoms with Crippen molar-refractivity contribution in [3.63, 3.8) is 0 Å². The SMILES string of the molecule is CCN1CCN(C2CCN(c3ncccc3-c3nc(C)no3)C2)CC1. The Kier molecular flexibility index (Phi) is 4.67. The number of nitrogens with zero attached hydrogens (tertiary/aromatic N) is 6. The van der Waals surface area contributed by atoms with Crippen LogP contribution in [0.25, 0.3) is 11.5 Å². The molecule has 0 aromatic carbocycles. The van der Waals surface area contributed by atoms with Crippen LogP contribution >= 0.6 is 0 Å². The molecule has 2 fully saturated rings. The number of anilines is 1. The van der Waals surface area contributed by atoms with Gasteiger partial charge in [-0.1, -0.05) is 12.1 Å². The number of hydrogen-bond acceptors (Lipinski definition) is 7. The van der Waals surface area contributed by atoms with E-state index in [9.17, 15) is 0 Å². The second kappa shape index (κ2) is 7.09. The summed E-state index contributed by atoms with van der Waals surface area (Å²) in [6, 6.07) is 4.55. The lowest BCUT2D eigenvalue weighted by Crippen LogP contribution is -2.50. The van der Waals surface area contributed by atoms with Crippen LogP contribution in [0.15, 0.2) is 22.9 Å². The van der Waals surface area contributed by atoms with Crippen LogP contribution in [-0.2, 0) is 0 Å². The molecule has 25 heavy (non-hydrogen) atoms. The molecule has 2 aliphatic heterocycles. The second-order valence-electron chi connectivity index (χ2n) is 6.88. The third-order valence-electron chi connectivity index (χ3n) is 5.38. The normalized spacial score (nSPS) is 22.6. The lowest BCUT2D eigenvalue weighted by molar-refractivity contribution is 0.107. The van der Waals surface area contributed by atoms with Crippen LogP contribution in [-0.4, -0.2) is 76.8 Å². The molecule has 0 aliphatic carbocycles.